The lowest BCUT2D eigenvalue weighted by molar-refractivity contribution is -0.131. The molecule has 0 radical (unpaired) electrons. The van der Waals surface area contributed by atoms with E-state index < -0.39 is 0 Å². The summed E-state index contributed by atoms with van der Waals surface area (Å²) in [5, 5.41) is 4.17. The van der Waals surface area contributed by atoms with E-state index in [9.17, 15) is 9.59 Å². The highest BCUT2D eigenvalue weighted by molar-refractivity contribution is 5.75. The summed E-state index contributed by atoms with van der Waals surface area (Å²) in [5.74, 6) is 0.549. The quantitative estimate of drug-likeness (QED) is 0.706. The maximum absolute atomic E-state index is 12.4. The predicted molar refractivity (Wildman–Crippen MR) is 88.9 cm³/mol. The monoisotopic (exact) mass is 326 g/mol. The van der Waals surface area contributed by atoms with E-state index in [1.165, 1.54) is 9.08 Å². The first kappa shape index (κ1) is 15.8. The maximum atomic E-state index is 12.4. The van der Waals surface area contributed by atoms with Gasteiger partial charge in [-0.1, -0.05) is 18.2 Å². The van der Waals surface area contributed by atoms with Gasteiger partial charge in [-0.2, -0.15) is 0 Å². The van der Waals surface area contributed by atoms with Crippen molar-refractivity contribution in [1.29, 1.82) is 0 Å². The van der Waals surface area contributed by atoms with E-state index in [1.807, 2.05) is 24.3 Å². The summed E-state index contributed by atoms with van der Waals surface area (Å²) < 4.78 is 7.77. The lowest BCUT2D eigenvalue weighted by Gasteiger charge is -2.17. The number of fused-ring (bicyclic) bond motifs is 1. The number of methoxy groups -OCH3 is 1. The molecule has 3 rings (SSSR count). The second-order valence-electron chi connectivity index (χ2n) is 5.47. The van der Waals surface area contributed by atoms with Gasteiger partial charge >= 0.3 is 5.69 Å². The molecule has 0 fully saturated rings. The molecule has 0 N–H and O–H groups in total. The number of pyridine rings is 1. The van der Waals surface area contributed by atoms with E-state index in [1.54, 1.807) is 43.5 Å². The van der Waals surface area contributed by atoms with Gasteiger partial charge in [0.15, 0.2) is 5.65 Å². The Morgan fingerprint density at radius 1 is 1.25 bits per heavy atom. The van der Waals surface area contributed by atoms with Crippen molar-refractivity contribution in [3.05, 3.63) is 64.7 Å². The largest absolute Gasteiger partial charge is 0.497 e. The van der Waals surface area contributed by atoms with Crippen LogP contribution in [0.2, 0.25) is 0 Å². The molecule has 1 amide bonds. The topological polar surface area (TPSA) is 68.8 Å². The third kappa shape index (κ3) is 3.15. The zero-order valence-corrected chi connectivity index (χ0v) is 13.5. The van der Waals surface area contributed by atoms with Crippen molar-refractivity contribution in [1.82, 2.24) is 19.1 Å². The molecule has 2 aromatic heterocycles. The summed E-state index contributed by atoms with van der Waals surface area (Å²) in [4.78, 5) is 26.2. The average molecular weight is 326 g/mol. The molecule has 7 nitrogen and oxygen atoms in total. The number of hydrogen-bond acceptors (Lipinski definition) is 4. The molecule has 1 aromatic carbocycles. The lowest BCUT2D eigenvalue weighted by Crippen LogP contribution is -2.33. The molecule has 2 heterocycles. The van der Waals surface area contributed by atoms with Gasteiger partial charge in [-0.15, -0.1) is 5.10 Å². The summed E-state index contributed by atoms with van der Waals surface area (Å²) >= 11 is 0. The Morgan fingerprint density at radius 3 is 2.83 bits per heavy atom. The van der Waals surface area contributed by atoms with Gasteiger partial charge in [-0.3, -0.25) is 9.20 Å². The number of hydrogen-bond donors (Lipinski definition) is 0. The molecule has 0 saturated heterocycles. The first-order valence-corrected chi connectivity index (χ1v) is 7.49. The molecule has 0 saturated carbocycles. The van der Waals surface area contributed by atoms with E-state index in [0.29, 0.717) is 12.2 Å². The second-order valence-corrected chi connectivity index (χ2v) is 5.47. The van der Waals surface area contributed by atoms with Crippen LogP contribution in [0.1, 0.15) is 5.56 Å². The smallest absolute Gasteiger partial charge is 0.350 e. The third-order valence-corrected chi connectivity index (χ3v) is 3.75. The van der Waals surface area contributed by atoms with Crippen molar-refractivity contribution in [2.24, 2.45) is 0 Å². The SMILES string of the molecule is COc1cccc(CN(C)C(=O)Cn2nc3ccccn3c2=O)c1. The Bertz CT molecular complexity index is 929. The summed E-state index contributed by atoms with van der Waals surface area (Å²) in [7, 11) is 3.30. The number of carbonyl (C=O) groups is 1. The second kappa shape index (κ2) is 6.57. The van der Waals surface area contributed by atoms with Gasteiger partial charge in [0.25, 0.3) is 0 Å². The first-order chi connectivity index (χ1) is 11.6. The molecule has 0 bridgehead atoms. The zero-order chi connectivity index (χ0) is 17.1. The minimum absolute atomic E-state index is 0.0962. The molecule has 0 spiro atoms. The van der Waals surface area contributed by atoms with Crippen molar-refractivity contribution in [3.8, 4) is 5.75 Å². The summed E-state index contributed by atoms with van der Waals surface area (Å²) in [6, 6.07) is 12.8. The van der Waals surface area contributed by atoms with E-state index >= 15 is 0 Å². The van der Waals surface area contributed by atoms with E-state index in [0.717, 1.165) is 11.3 Å². The van der Waals surface area contributed by atoms with Crippen molar-refractivity contribution in [2.75, 3.05) is 14.2 Å². The molecule has 0 aliphatic carbocycles. The fourth-order valence-electron chi connectivity index (χ4n) is 2.45. The van der Waals surface area contributed by atoms with Crippen molar-refractivity contribution < 1.29 is 9.53 Å². The number of nitrogens with zero attached hydrogens (tertiary/aromatic N) is 4. The van der Waals surface area contributed by atoms with Gasteiger partial charge in [0.2, 0.25) is 5.91 Å². The molecule has 0 aliphatic heterocycles. The van der Waals surface area contributed by atoms with Crippen LogP contribution in [0, 0.1) is 0 Å². The van der Waals surface area contributed by atoms with Crippen LogP contribution in [0.5, 0.6) is 5.75 Å². The van der Waals surface area contributed by atoms with E-state index in [4.69, 9.17) is 4.74 Å². The molecular formula is C17H18N4O3. The normalized spacial score (nSPS) is 10.8. The van der Waals surface area contributed by atoms with Crippen LogP contribution >= 0.6 is 0 Å². The summed E-state index contributed by atoms with van der Waals surface area (Å²) in [6.07, 6.45) is 1.63. The van der Waals surface area contributed by atoms with Crippen LogP contribution in [-0.2, 0) is 17.9 Å². The molecule has 3 aromatic rings. The van der Waals surface area contributed by atoms with Crippen LogP contribution in [0.15, 0.2) is 53.5 Å². The number of likely N-dealkylation sites (N-methyl/N-ethyl adjacent to an activating group) is 1. The Labute approximate surface area is 138 Å². The molecule has 0 unspecified atom stereocenters. The highest BCUT2D eigenvalue weighted by Crippen LogP contribution is 2.14. The number of rotatable bonds is 5. The van der Waals surface area contributed by atoms with Crippen LogP contribution < -0.4 is 10.4 Å². The Balaban J connectivity index is 1.73. The first-order valence-electron chi connectivity index (χ1n) is 7.49. The number of ether oxygens (including phenoxy) is 1. The number of amides is 1. The average Bonchev–Trinajstić information content (AvgIpc) is 2.91. The van der Waals surface area contributed by atoms with Crippen LogP contribution in [0.3, 0.4) is 0 Å². The lowest BCUT2D eigenvalue weighted by atomic mass is 10.2. The van der Waals surface area contributed by atoms with Crippen LogP contribution in [0.25, 0.3) is 5.65 Å². The highest BCUT2D eigenvalue weighted by Gasteiger charge is 2.14. The Hall–Kier alpha value is -3.09. The molecule has 0 aliphatic rings. The highest BCUT2D eigenvalue weighted by atomic mass is 16.5. The van der Waals surface area contributed by atoms with Crippen molar-refractivity contribution in [2.45, 2.75) is 13.1 Å². The van der Waals surface area contributed by atoms with Crippen LogP contribution in [-0.4, -0.2) is 39.1 Å². The van der Waals surface area contributed by atoms with Gasteiger partial charge in [-0.25, -0.2) is 9.48 Å². The van der Waals surface area contributed by atoms with Crippen LogP contribution in [0.4, 0.5) is 0 Å². The van der Waals surface area contributed by atoms with Gasteiger partial charge in [0.1, 0.15) is 12.3 Å². The standard InChI is InChI=1S/C17H18N4O3/c1-19(11-13-6-5-7-14(10-13)24-2)16(22)12-21-17(23)20-9-4-3-8-15(20)18-21/h3-10H,11-12H2,1-2H3. The summed E-state index contributed by atoms with van der Waals surface area (Å²) in [5.41, 5.74) is 1.15. The molecule has 124 valence electrons. The van der Waals surface area contributed by atoms with Gasteiger partial charge in [0.05, 0.1) is 7.11 Å². The third-order valence-electron chi connectivity index (χ3n) is 3.75. The van der Waals surface area contributed by atoms with Crippen molar-refractivity contribution in [3.63, 3.8) is 0 Å². The van der Waals surface area contributed by atoms with Gasteiger partial charge in [0, 0.05) is 19.8 Å². The van der Waals surface area contributed by atoms with E-state index in [2.05, 4.69) is 5.10 Å². The number of aromatic nitrogens is 3. The fourth-order valence-corrected chi connectivity index (χ4v) is 2.45. The predicted octanol–water partition coefficient (Wildman–Crippen LogP) is 1.16. The van der Waals surface area contributed by atoms with Gasteiger partial charge < -0.3 is 9.64 Å². The Morgan fingerprint density at radius 2 is 2.08 bits per heavy atom. The molecule has 0 atom stereocenters. The molecule has 7 heteroatoms. The minimum atomic E-state index is -0.325. The Kier molecular flexibility index (Phi) is 4.33. The van der Waals surface area contributed by atoms with E-state index in [-0.39, 0.29) is 18.1 Å². The minimum Gasteiger partial charge on any atom is -0.497 e. The fraction of sp³-hybridized carbons (Fsp3) is 0.235. The summed E-state index contributed by atoms with van der Waals surface area (Å²) in [6.45, 7) is 0.332. The molecular weight excluding hydrogens is 308 g/mol. The molecule has 24 heavy (non-hydrogen) atoms. The van der Waals surface area contributed by atoms with Crippen molar-refractivity contribution >= 4 is 11.6 Å². The maximum Gasteiger partial charge on any atom is 0.350 e. The number of benzene rings is 1. The van der Waals surface area contributed by atoms with Gasteiger partial charge in [-0.05, 0) is 29.8 Å². The number of carbonyl (C=O) groups excluding carboxylic acids is 1. The zero-order valence-electron chi connectivity index (χ0n) is 13.5.